The first-order valence-electron chi connectivity index (χ1n) is 10.2. The molecule has 0 aromatic carbocycles. The molecule has 1 aliphatic carbocycles. The van der Waals surface area contributed by atoms with Gasteiger partial charge in [-0.3, -0.25) is 9.59 Å². The van der Waals surface area contributed by atoms with Gasteiger partial charge in [0.1, 0.15) is 0 Å². The van der Waals surface area contributed by atoms with Crippen molar-refractivity contribution in [3.05, 3.63) is 0 Å². The van der Waals surface area contributed by atoms with Crippen LogP contribution in [0.3, 0.4) is 0 Å². The molecule has 0 unspecified atom stereocenters. The fraction of sp³-hybridized carbons (Fsp3) is 0.895. The normalized spacial score (nSPS) is 33.6. The predicted octanol–water partition coefficient (Wildman–Crippen LogP) is 0.909. The highest BCUT2D eigenvalue weighted by Crippen LogP contribution is 2.62. The average molecular weight is 398 g/mol. The second kappa shape index (κ2) is 6.44. The van der Waals surface area contributed by atoms with E-state index in [0.717, 1.165) is 64.7 Å². The molecule has 4 fully saturated rings. The van der Waals surface area contributed by atoms with Crippen LogP contribution < -0.4 is 0 Å². The van der Waals surface area contributed by atoms with E-state index < -0.39 is 15.4 Å². The molecule has 0 radical (unpaired) electrons. The number of fused-ring (bicyclic) bond motifs is 2. The van der Waals surface area contributed by atoms with Crippen molar-refractivity contribution in [1.29, 1.82) is 0 Å². The Labute approximate surface area is 162 Å². The number of amides is 2. The van der Waals surface area contributed by atoms with E-state index in [1.54, 1.807) is 11.2 Å². The first-order valence-corrected chi connectivity index (χ1v) is 12.0. The second-order valence-electron chi connectivity index (χ2n) is 9.13. The van der Waals surface area contributed by atoms with E-state index in [0.29, 0.717) is 13.1 Å². The first-order chi connectivity index (χ1) is 12.7. The Kier molecular flexibility index (Phi) is 4.57. The maximum absolute atomic E-state index is 13.6. The van der Waals surface area contributed by atoms with Gasteiger partial charge in [0, 0.05) is 46.2 Å². The Balaban J connectivity index is 1.65. The SMILES string of the molecule is CC(=O)N1CCC2(CC1)CC[C@]1(C(=O)N3CCCC3)CN(S(C)(=O)=O)C[C@H]21. The lowest BCUT2D eigenvalue weighted by Crippen LogP contribution is -2.50. The molecule has 0 aromatic heterocycles. The number of hydrogen-bond donors (Lipinski definition) is 0. The van der Waals surface area contributed by atoms with Crippen LogP contribution in [0, 0.1) is 16.7 Å². The van der Waals surface area contributed by atoms with Crippen molar-refractivity contribution in [2.24, 2.45) is 16.7 Å². The lowest BCUT2D eigenvalue weighted by atomic mass is 9.65. The molecule has 4 rings (SSSR count). The first kappa shape index (κ1) is 19.2. The number of nitrogens with zero attached hydrogens (tertiary/aromatic N) is 3. The summed E-state index contributed by atoms with van der Waals surface area (Å²) in [5.41, 5.74) is -0.577. The van der Waals surface area contributed by atoms with Crippen molar-refractivity contribution in [2.75, 3.05) is 45.5 Å². The summed E-state index contributed by atoms with van der Waals surface area (Å²) >= 11 is 0. The van der Waals surface area contributed by atoms with Gasteiger partial charge < -0.3 is 9.80 Å². The average Bonchev–Trinajstić information content (AvgIpc) is 3.32. The van der Waals surface area contributed by atoms with E-state index in [1.165, 1.54) is 6.26 Å². The summed E-state index contributed by atoms with van der Waals surface area (Å²) in [4.78, 5) is 29.2. The highest BCUT2D eigenvalue weighted by Gasteiger charge is 2.66. The minimum Gasteiger partial charge on any atom is -0.343 e. The zero-order chi connectivity index (χ0) is 19.4. The van der Waals surface area contributed by atoms with Crippen LogP contribution in [-0.4, -0.2) is 79.9 Å². The zero-order valence-corrected chi connectivity index (χ0v) is 17.3. The van der Waals surface area contributed by atoms with Crippen molar-refractivity contribution < 1.29 is 18.0 Å². The van der Waals surface area contributed by atoms with Crippen molar-refractivity contribution in [2.45, 2.75) is 45.4 Å². The van der Waals surface area contributed by atoms with Crippen LogP contribution in [0.5, 0.6) is 0 Å². The monoisotopic (exact) mass is 397 g/mol. The standard InChI is InChI=1S/C19H31N3O4S/c1-15(23)20-11-7-18(8-12-20)5-6-19(17(24)21-9-3-4-10-21)14-22(13-16(18)19)27(2,25)26/h16H,3-14H2,1-2H3/t16-,19+/m1/s1. The molecule has 0 aromatic rings. The molecule has 8 heteroatoms. The van der Waals surface area contributed by atoms with Gasteiger partial charge >= 0.3 is 0 Å². The van der Waals surface area contributed by atoms with E-state index in [2.05, 4.69) is 0 Å². The van der Waals surface area contributed by atoms with Crippen molar-refractivity contribution in [1.82, 2.24) is 14.1 Å². The Morgan fingerprint density at radius 2 is 1.56 bits per heavy atom. The Bertz CT molecular complexity index is 738. The molecule has 2 amide bonds. The Morgan fingerprint density at radius 3 is 2.11 bits per heavy atom. The van der Waals surface area contributed by atoms with Crippen molar-refractivity contribution >= 4 is 21.8 Å². The molecule has 0 N–H and O–H groups in total. The third-order valence-electron chi connectivity index (χ3n) is 7.81. The van der Waals surface area contributed by atoms with Gasteiger partial charge in [-0.15, -0.1) is 0 Å². The molecule has 2 atom stereocenters. The molecule has 1 spiro atoms. The third-order valence-corrected chi connectivity index (χ3v) is 9.03. The minimum atomic E-state index is -3.32. The topological polar surface area (TPSA) is 78.0 Å². The quantitative estimate of drug-likeness (QED) is 0.694. The van der Waals surface area contributed by atoms with Crippen LogP contribution in [0.25, 0.3) is 0 Å². The van der Waals surface area contributed by atoms with Gasteiger partial charge in [0.15, 0.2) is 0 Å². The van der Waals surface area contributed by atoms with Crippen LogP contribution in [0.2, 0.25) is 0 Å². The number of hydrogen-bond acceptors (Lipinski definition) is 4. The molecule has 7 nitrogen and oxygen atoms in total. The van der Waals surface area contributed by atoms with Gasteiger partial charge in [-0.25, -0.2) is 12.7 Å². The van der Waals surface area contributed by atoms with Gasteiger partial charge in [0.25, 0.3) is 0 Å². The molecule has 27 heavy (non-hydrogen) atoms. The Morgan fingerprint density at radius 1 is 0.926 bits per heavy atom. The third kappa shape index (κ3) is 2.99. The number of carbonyl (C=O) groups excluding carboxylic acids is 2. The molecular weight excluding hydrogens is 366 g/mol. The molecular formula is C19H31N3O4S. The number of carbonyl (C=O) groups is 2. The summed E-state index contributed by atoms with van der Waals surface area (Å²) in [6.45, 7) is 5.45. The van der Waals surface area contributed by atoms with Crippen LogP contribution in [0.1, 0.15) is 45.4 Å². The zero-order valence-electron chi connectivity index (χ0n) is 16.4. The molecule has 152 valence electrons. The fourth-order valence-corrected chi connectivity index (χ4v) is 7.11. The van der Waals surface area contributed by atoms with Gasteiger partial charge in [-0.05, 0) is 49.9 Å². The van der Waals surface area contributed by atoms with Crippen LogP contribution in [0.15, 0.2) is 0 Å². The number of sulfonamides is 1. The van der Waals surface area contributed by atoms with Gasteiger partial charge in [0.05, 0.1) is 11.7 Å². The van der Waals surface area contributed by atoms with Gasteiger partial charge in [-0.1, -0.05) is 0 Å². The maximum atomic E-state index is 13.6. The molecule has 3 saturated heterocycles. The number of piperidine rings is 1. The molecule has 1 saturated carbocycles. The lowest BCUT2D eigenvalue weighted by molar-refractivity contribution is -0.143. The minimum absolute atomic E-state index is 0.0131. The van der Waals surface area contributed by atoms with E-state index >= 15 is 0 Å². The summed E-state index contributed by atoms with van der Waals surface area (Å²) in [6.07, 6.45) is 6.85. The summed E-state index contributed by atoms with van der Waals surface area (Å²) in [6, 6.07) is 0. The van der Waals surface area contributed by atoms with Gasteiger partial charge in [-0.2, -0.15) is 0 Å². The van der Waals surface area contributed by atoms with E-state index in [9.17, 15) is 18.0 Å². The lowest BCUT2D eigenvalue weighted by Gasteiger charge is -2.44. The van der Waals surface area contributed by atoms with Crippen molar-refractivity contribution in [3.63, 3.8) is 0 Å². The number of rotatable bonds is 2. The highest BCUT2D eigenvalue weighted by molar-refractivity contribution is 7.88. The van der Waals surface area contributed by atoms with E-state index in [4.69, 9.17) is 0 Å². The molecule has 3 aliphatic heterocycles. The predicted molar refractivity (Wildman–Crippen MR) is 101 cm³/mol. The fourth-order valence-electron chi connectivity index (χ4n) is 6.22. The smallest absolute Gasteiger partial charge is 0.230 e. The largest absolute Gasteiger partial charge is 0.343 e. The summed E-state index contributed by atoms with van der Waals surface area (Å²) in [5.74, 6) is 0.357. The van der Waals surface area contributed by atoms with Crippen LogP contribution in [0.4, 0.5) is 0 Å². The highest BCUT2D eigenvalue weighted by atomic mass is 32.2. The molecule has 0 bridgehead atoms. The van der Waals surface area contributed by atoms with Gasteiger partial charge in [0.2, 0.25) is 21.8 Å². The molecule has 4 aliphatic rings. The number of likely N-dealkylation sites (tertiary alicyclic amines) is 2. The molecule has 3 heterocycles. The maximum Gasteiger partial charge on any atom is 0.230 e. The summed E-state index contributed by atoms with van der Waals surface area (Å²) < 4.78 is 26.2. The van der Waals surface area contributed by atoms with E-state index in [-0.39, 0.29) is 23.1 Å². The van der Waals surface area contributed by atoms with E-state index in [1.807, 2.05) is 9.80 Å². The summed E-state index contributed by atoms with van der Waals surface area (Å²) in [7, 11) is -3.32. The van der Waals surface area contributed by atoms with Crippen LogP contribution >= 0.6 is 0 Å². The van der Waals surface area contributed by atoms with Crippen LogP contribution in [-0.2, 0) is 19.6 Å². The summed E-state index contributed by atoms with van der Waals surface area (Å²) in [5, 5.41) is 0. The van der Waals surface area contributed by atoms with Crippen molar-refractivity contribution in [3.8, 4) is 0 Å². The second-order valence-corrected chi connectivity index (χ2v) is 11.1. The Hall–Kier alpha value is -1.15.